The Kier molecular flexibility index (Phi) is 4.62. The van der Waals surface area contributed by atoms with Crippen LogP contribution in [0.1, 0.15) is 31.1 Å². The third-order valence-corrected chi connectivity index (χ3v) is 4.39. The molecular formula is C13H16BrClN2S. The van der Waals surface area contributed by atoms with Crippen LogP contribution in [-0.2, 0) is 0 Å². The van der Waals surface area contributed by atoms with Crippen LogP contribution >= 0.6 is 39.3 Å². The highest BCUT2D eigenvalue weighted by atomic mass is 79.9. The van der Waals surface area contributed by atoms with Crippen molar-refractivity contribution in [1.82, 2.24) is 9.55 Å². The number of nitrogens with zero attached hydrogens (tertiary/aromatic N) is 2. The fourth-order valence-corrected chi connectivity index (χ4v) is 3.28. The molecule has 1 aromatic carbocycles. The van der Waals surface area contributed by atoms with E-state index in [2.05, 4.69) is 44.7 Å². The second-order valence-electron chi connectivity index (χ2n) is 4.39. The van der Waals surface area contributed by atoms with Crippen molar-refractivity contribution >= 4 is 50.3 Å². The van der Waals surface area contributed by atoms with Crippen LogP contribution in [0.5, 0.6) is 0 Å². The molecule has 98 valence electrons. The van der Waals surface area contributed by atoms with E-state index in [0.717, 1.165) is 27.1 Å². The minimum absolute atomic E-state index is 0.0829. The van der Waals surface area contributed by atoms with Crippen LogP contribution in [0.25, 0.3) is 11.0 Å². The van der Waals surface area contributed by atoms with E-state index in [1.807, 2.05) is 30.8 Å². The van der Waals surface area contributed by atoms with E-state index in [-0.39, 0.29) is 5.38 Å². The Morgan fingerprint density at radius 1 is 1.44 bits per heavy atom. The first-order valence-electron chi connectivity index (χ1n) is 5.85. The molecule has 18 heavy (non-hydrogen) atoms. The average Bonchev–Trinajstić information content (AvgIpc) is 2.67. The van der Waals surface area contributed by atoms with Gasteiger partial charge in [-0.15, -0.1) is 11.6 Å². The SMILES string of the molecule is CSCC(C)n1c(C(C)Cl)nc2ccc(Br)cc21. The van der Waals surface area contributed by atoms with E-state index >= 15 is 0 Å². The highest BCUT2D eigenvalue weighted by Gasteiger charge is 2.18. The lowest BCUT2D eigenvalue weighted by Gasteiger charge is -2.17. The van der Waals surface area contributed by atoms with Gasteiger partial charge in [-0.25, -0.2) is 4.98 Å². The lowest BCUT2D eigenvalue weighted by Crippen LogP contribution is -2.11. The topological polar surface area (TPSA) is 17.8 Å². The number of rotatable bonds is 4. The van der Waals surface area contributed by atoms with Crippen molar-refractivity contribution in [2.45, 2.75) is 25.3 Å². The van der Waals surface area contributed by atoms with E-state index in [4.69, 9.17) is 11.6 Å². The largest absolute Gasteiger partial charge is 0.323 e. The van der Waals surface area contributed by atoms with Gasteiger partial charge >= 0.3 is 0 Å². The van der Waals surface area contributed by atoms with Gasteiger partial charge in [-0.1, -0.05) is 15.9 Å². The van der Waals surface area contributed by atoms with Gasteiger partial charge in [-0.3, -0.25) is 0 Å². The number of hydrogen-bond acceptors (Lipinski definition) is 2. The van der Waals surface area contributed by atoms with Crippen molar-refractivity contribution in [2.24, 2.45) is 0 Å². The zero-order chi connectivity index (χ0) is 13.3. The number of thioether (sulfide) groups is 1. The lowest BCUT2D eigenvalue weighted by molar-refractivity contribution is 0.593. The second-order valence-corrected chi connectivity index (χ2v) is 6.87. The molecule has 0 saturated heterocycles. The van der Waals surface area contributed by atoms with Gasteiger partial charge in [-0.05, 0) is 38.3 Å². The van der Waals surface area contributed by atoms with Crippen molar-refractivity contribution in [3.63, 3.8) is 0 Å². The number of aromatic nitrogens is 2. The molecule has 0 N–H and O–H groups in total. The molecule has 0 aliphatic heterocycles. The van der Waals surface area contributed by atoms with Crippen molar-refractivity contribution in [3.05, 3.63) is 28.5 Å². The van der Waals surface area contributed by atoms with Crippen LogP contribution in [0.3, 0.4) is 0 Å². The number of imidazole rings is 1. The number of halogens is 2. The van der Waals surface area contributed by atoms with Gasteiger partial charge in [0.05, 0.1) is 16.4 Å². The standard InChI is InChI=1S/C13H16BrClN2S/c1-8(7-18-3)17-12-6-10(14)4-5-11(12)16-13(17)9(2)15/h4-6,8-9H,7H2,1-3H3. The minimum atomic E-state index is -0.0829. The van der Waals surface area contributed by atoms with Gasteiger partial charge in [-0.2, -0.15) is 11.8 Å². The lowest BCUT2D eigenvalue weighted by atomic mass is 10.3. The molecule has 5 heteroatoms. The van der Waals surface area contributed by atoms with Gasteiger partial charge < -0.3 is 4.57 Å². The predicted molar refractivity (Wildman–Crippen MR) is 84.8 cm³/mol. The molecule has 0 aliphatic carbocycles. The Labute approximate surface area is 125 Å². The summed E-state index contributed by atoms with van der Waals surface area (Å²) in [6, 6.07) is 6.55. The minimum Gasteiger partial charge on any atom is -0.323 e. The van der Waals surface area contributed by atoms with Crippen LogP contribution < -0.4 is 0 Å². The Hall–Kier alpha value is -0.190. The summed E-state index contributed by atoms with van der Waals surface area (Å²) in [6.45, 7) is 4.18. The Morgan fingerprint density at radius 3 is 2.78 bits per heavy atom. The van der Waals surface area contributed by atoms with E-state index in [0.29, 0.717) is 6.04 Å². The maximum absolute atomic E-state index is 6.26. The summed E-state index contributed by atoms with van der Waals surface area (Å²) >= 11 is 11.6. The first kappa shape index (κ1) is 14.2. The molecule has 2 atom stereocenters. The maximum atomic E-state index is 6.26. The zero-order valence-corrected chi connectivity index (χ0v) is 13.8. The molecule has 1 heterocycles. The van der Waals surface area contributed by atoms with Gasteiger partial charge in [0.2, 0.25) is 0 Å². The molecule has 2 unspecified atom stereocenters. The predicted octanol–water partition coefficient (Wildman–Crippen LogP) is 5.02. The molecule has 0 fully saturated rings. The van der Waals surface area contributed by atoms with E-state index in [1.165, 1.54) is 0 Å². The maximum Gasteiger partial charge on any atom is 0.127 e. The molecule has 0 aliphatic rings. The van der Waals surface area contributed by atoms with Crippen molar-refractivity contribution in [2.75, 3.05) is 12.0 Å². The summed E-state index contributed by atoms with van der Waals surface area (Å²) < 4.78 is 3.33. The van der Waals surface area contributed by atoms with Crippen LogP contribution in [-0.4, -0.2) is 21.6 Å². The van der Waals surface area contributed by atoms with Crippen LogP contribution in [0.2, 0.25) is 0 Å². The molecule has 1 aromatic heterocycles. The van der Waals surface area contributed by atoms with E-state index < -0.39 is 0 Å². The summed E-state index contributed by atoms with van der Waals surface area (Å²) in [5.74, 6) is 2.00. The van der Waals surface area contributed by atoms with Crippen molar-refractivity contribution in [3.8, 4) is 0 Å². The fraction of sp³-hybridized carbons (Fsp3) is 0.462. The number of alkyl halides is 1. The zero-order valence-electron chi connectivity index (χ0n) is 10.7. The summed E-state index contributed by atoms with van der Waals surface area (Å²) in [5, 5.41) is -0.0829. The molecular weight excluding hydrogens is 332 g/mol. The van der Waals surface area contributed by atoms with Crippen molar-refractivity contribution in [1.29, 1.82) is 0 Å². The smallest absolute Gasteiger partial charge is 0.127 e. The second kappa shape index (κ2) is 5.85. The average molecular weight is 348 g/mol. The molecule has 0 radical (unpaired) electrons. The highest BCUT2D eigenvalue weighted by Crippen LogP contribution is 2.30. The Morgan fingerprint density at radius 2 is 2.17 bits per heavy atom. The molecule has 0 amide bonds. The van der Waals surface area contributed by atoms with E-state index in [1.54, 1.807) is 0 Å². The third-order valence-electron chi connectivity index (χ3n) is 2.88. The molecule has 2 nitrogen and oxygen atoms in total. The monoisotopic (exact) mass is 346 g/mol. The summed E-state index contributed by atoms with van der Waals surface area (Å²) in [4.78, 5) is 4.66. The van der Waals surface area contributed by atoms with Crippen molar-refractivity contribution < 1.29 is 0 Å². The quantitative estimate of drug-likeness (QED) is 0.722. The summed E-state index contributed by atoms with van der Waals surface area (Å²) in [7, 11) is 0. The number of fused-ring (bicyclic) bond motifs is 1. The molecule has 2 rings (SSSR count). The normalized spacial score (nSPS) is 14.9. The Balaban J connectivity index is 2.64. The summed E-state index contributed by atoms with van der Waals surface area (Å²) in [5.41, 5.74) is 2.15. The van der Waals surface area contributed by atoms with Crippen LogP contribution in [0.15, 0.2) is 22.7 Å². The molecule has 0 saturated carbocycles. The molecule has 0 bridgehead atoms. The Bertz CT molecular complexity index is 553. The highest BCUT2D eigenvalue weighted by molar-refractivity contribution is 9.10. The first-order chi connectivity index (χ1) is 8.54. The van der Waals surface area contributed by atoms with Gasteiger partial charge in [0, 0.05) is 16.3 Å². The summed E-state index contributed by atoms with van der Waals surface area (Å²) in [6.07, 6.45) is 2.12. The van der Waals surface area contributed by atoms with Gasteiger partial charge in [0.1, 0.15) is 5.82 Å². The van der Waals surface area contributed by atoms with Gasteiger partial charge in [0.25, 0.3) is 0 Å². The molecule has 0 spiro atoms. The number of hydrogen-bond donors (Lipinski definition) is 0. The molecule has 2 aromatic rings. The third kappa shape index (κ3) is 2.70. The van der Waals surface area contributed by atoms with E-state index in [9.17, 15) is 0 Å². The first-order valence-corrected chi connectivity index (χ1v) is 8.47. The van der Waals surface area contributed by atoms with Gasteiger partial charge in [0.15, 0.2) is 0 Å². The number of benzene rings is 1. The fourth-order valence-electron chi connectivity index (χ4n) is 2.14. The van der Waals surface area contributed by atoms with Crippen LogP contribution in [0.4, 0.5) is 0 Å². The van der Waals surface area contributed by atoms with Crippen LogP contribution in [0, 0.1) is 0 Å².